The number of rotatable bonds is 5. The zero-order chi connectivity index (χ0) is 13.8. The van der Waals surface area contributed by atoms with E-state index in [0.29, 0.717) is 24.0 Å². The van der Waals surface area contributed by atoms with Crippen LogP contribution in [0.4, 0.5) is 5.69 Å². The standard InChI is InChI=1S/C12H12N6O2/c19-6-5-13-9-3-1-8(2-4-9)12-15-11(17-20-12)10-7-14-18-16-10/h1-4,7,13,19H,5-6H2,(H,14,16,18). The SMILES string of the molecule is OCCNc1ccc(-c2nc(-c3cn[nH]n3)no2)cc1. The minimum absolute atomic E-state index is 0.0898. The van der Waals surface area contributed by atoms with Crippen molar-refractivity contribution in [3.05, 3.63) is 30.5 Å². The van der Waals surface area contributed by atoms with Crippen LogP contribution in [-0.4, -0.2) is 43.8 Å². The summed E-state index contributed by atoms with van der Waals surface area (Å²) in [7, 11) is 0. The van der Waals surface area contributed by atoms with Crippen LogP contribution in [0.3, 0.4) is 0 Å². The molecule has 1 aromatic carbocycles. The summed E-state index contributed by atoms with van der Waals surface area (Å²) in [5.74, 6) is 0.799. The van der Waals surface area contributed by atoms with Gasteiger partial charge in [-0.2, -0.15) is 20.4 Å². The first-order valence-corrected chi connectivity index (χ1v) is 6.02. The number of nitrogens with zero attached hydrogens (tertiary/aromatic N) is 4. The van der Waals surface area contributed by atoms with Gasteiger partial charge in [0, 0.05) is 17.8 Å². The highest BCUT2D eigenvalue weighted by molar-refractivity contribution is 5.60. The van der Waals surface area contributed by atoms with Crippen molar-refractivity contribution in [3.63, 3.8) is 0 Å². The van der Waals surface area contributed by atoms with Crippen LogP contribution in [0.15, 0.2) is 35.0 Å². The number of nitrogens with one attached hydrogen (secondary N) is 2. The van der Waals surface area contributed by atoms with Gasteiger partial charge in [-0.1, -0.05) is 5.16 Å². The number of hydrogen-bond acceptors (Lipinski definition) is 7. The highest BCUT2D eigenvalue weighted by Gasteiger charge is 2.12. The molecule has 0 saturated carbocycles. The van der Waals surface area contributed by atoms with Crippen molar-refractivity contribution in [2.75, 3.05) is 18.5 Å². The van der Waals surface area contributed by atoms with Gasteiger partial charge in [0.2, 0.25) is 5.82 Å². The Morgan fingerprint density at radius 3 is 2.80 bits per heavy atom. The Kier molecular flexibility index (Phi) is 3.38. The fourth-order valence-electron chi connectivity index (χ4n) is 1.69. The second-order valence-corrected chi connectivity index (χ2v) is 4.01. The first-order valence-electron chi connectivity index (χ1n) is 6.02. The van der Waals surface area contributed by atoms with Gasteiger partial charge in [0.15, 0.2) is 5.69 Å². The molecule has 0 spiro atoms. The Morgan fingerprint density at radius 2 is 2.10 bits per heavy atom. The molecule has 0 saturated heterocycles. The third-order valence-corrected chi connectivity index (χ3v) is 2.64. The summed E-state index contributed by atoms with van der Waals surface area (Å²) in [6.45, 7) is 0.600. The molecule has 0 amide bonds. The molecule has 0 bridgehead atoms. The van der Waals surface area contributed by atoms with E-state index >= 15 is 0 Å². The third-order valence-electron chi connectivity index (χ3n) is 2.64. The van der Waals surface area contributed by atoms with E-state index in [1.165, 1.54) is 6.20 Å². The smallest absolute Gasteiger partial charge is 0.258 e. The lowest BCUT2D eigenvalue weighted by Crippen LogP contribution is -2.04. The minimum atomic E-state index is 0.0898. The van der Waals surface area contributed by atoms with Crippen LogP contribution in [0.2, 0.25) is 0 Å². The monoisotopic (exact) mass is 272 g/mol. The molecule has 0 fully saturated rings. The van der Waals surface area contributed by atoms with E-state index in [4.69, 9.17) is 9.63 Å². The summed E-state index contributed by atoms with van der Waals surface area (Å²) in [5.41, 5.74) is 2.25. The van der Waals surface area contributed by atoms with Crippen LogP contribution < -0.4 is 5.32 Å². The molecule has 2 aromatic heterocycles. The van der Waals surface area contributed by atoms with E-state index in [1.54, 1.807) is 0 Å². The number of aliphatic hydroxyl groups excluding tert-OH is 1. The van der Waals surface area contributed by atoms with Crippen LogP contribution in [-0.2, 0) is 0 Å². The number of aromatic nitrogens is 5. The van der Waals surface area contributed by atoms with Gasteiger partial charge in [0.05, 0.1) is 12.8 Å². The lowest BCUT2D eigenvalue weighted by atomic mass is 10.2. The Labute approximate surface area is 113 Å². The van der Waals surface area contributed by atoms with Gasteiger partial charge >= 0.3 is 0 Å². The van der Waals surface area contributed by atoms with Crippen LogP contribution in [0.1, 0.15) is 0 Å². The Balaban J connectivity index is 1.79. The van der Waals surface area contributed by atoms with Crippen molar-refractivity contribution in [1.82, 2.24) is 25.6 Å². The fourth-order valence-corrected chi connectivity index (χ4v) is 1.69. The van der Waals surface area contributed by atoms with E-state index < -0.39 is 0 Å². The Bertz CT molecular complexity index is 662. The molecule has 0 unspecified atom stereocenters. The quantitative estimate of drug-likeness (QED) is 0.633. The summed E-state index contributed by atoms with van der Waals surface area (Å²) >= 11 is 0. The lowest BCUT2D eigenvalue weighted by molar-refractivity contribution is 0.311. The van der Waals surface area contributed by atoms with Gasteiger partial charge < -0.3 is 14.9 Å². The molecule has 102 valence electrons. The lowest BCUT2D eigenvalue weighted by Gasteiger charge is -2.03. The molecule has 3 N–H and O–H groups in total. The largest absolute Gasteiger partial charge is 0.395 e. The topological polar surface area (TPSA) is 113 Å². The number of benzene rings is 1. The van der Waals surface area contributed by atoms with E-state index in [-0.39, 0.29) is 6.61 Å². The first-order chi connectivity index (χ1) is 9.86. The number of hydrogen-bond donors (Lipinski definition) is 3. The molecule has 0 radical (unpaired) electrons. The zero-order valence-corrected chi connectivity index (χ0v) is 10.4. The average Bonchev–Trinajstić information content (AvgIpc) is 3.16. The van der Waals surface area contributed by atoms with Crippen molar-refractivity contribution in [2.45, 2.75) is 0 Å². The second kappa shape index (κ2) is 5.49. The molecule has 0 atom stereocenters. The maximum absolute atomic E-state index is 8.74. The maximum atomic E-state index is 8.74. The highest BCUT2D eigenvalue weighted by atomic mass is 16.5. The number of anilines is 1. The molecule has 0 aliphatic carbocycles. The van der Waals surface area contributed by atoms with Crippen LogP contribution in [0.25, 0.3) is 23.0 Å². The summed E-state index contributed by atoms with van der Waals surface area (Å²) in [6, 6.07) is 7.48. The Morgan fingerprint density at radius 1 is 1.25 bits per heavy atom. The zero-order valence-electron chi connectivity index (χ0n) is 10.4. The van der Waals surface area contributed by atoms with E-state index in [2.05, 4.69) is 30.9 Å². The van der Waals surface area contributed by atoms with Gasteiger partial charge in [0.1, 0.15) is 0 Å². The average molecular weight is 272 g/mol. The summed E-state index contributed by atoms with van der Waals surface area (Å²) in [5, 5.41) is 25.7. The molecule has 3 aromatic rings. The van der Waals surface area contributed by atoms with Crippen LogP contribution in [0, 0.1) is 0 Å². The third kappa shape index (κ3) is 2.50. The number of H-pyrrole nitrogens is 1. The van der Waals surface area contributed by atoms with Gasteiger partial charge in [-0.25, -0.2) is 0 Å². The minimum Gasteiger partial charge on any atom is -0.395 e. The highest BCUT2D eigenvalue weighted by Crippen LogP contribution is 2.22. The first kappa shape index (κ1) is 12.3. The van der Waals surface area contributed by atoms with Crippen molar-refractivity contribution in [1.29, 1.82) is 0 Å². The van der Waals surface area contributed by atoms with E-state index in [1.807, 2.05) is 24.3 Å². The molecule has 2 heterocycles. The van der Waals surface area contributed by atoms with Gasteiger partial charge in [0.25, 0.3) is 5.89 Å². The van der Waals surface area contributed by atoms with Crippen molar-refractivity contribution in [2.24, 2.45) is 0 Å². The normalized spacial score (nSPS) is 10.7. The number of aliphatic hydroxyl groups is 1. The van der Waals surface area contributed by atoms with Gasteiger partial charge in [-0.3, -0.25) is 0 Å². The van der Waals surface area contributed by atoms with Crippen molar-refractivity contribution < 1.29 is 9.63 Å². The van der Waals surface area contributed by atoms with E-state index in [0.717, 1.165) is 11.3 Å². The fraction of sp³-hybridized carbons (Fsp3) is 0.167. The van der Waals surface area contributed by atoms with Gasteiger partial charge in [-0.05, 0) is 24.3 Å². The summed E-state index contributed by atoms with van der Waals surface area (Å²) < 4.78 is 5.19. The summed E-state index contributed by atoms with van der Waals surface area (Å²) in [4.78, 5) is 4.25. The van der Waals surface area contributed by atoms with Crippen LogP contribution in [0.5, 0.6) is 0 Å². The molecule has 8 nitrogen and oxygen atoms in total. The molecular formula is C12H12N6O2. The predicted molar refractivity (Wildman–Crippen MR) is 70.7 cm³/mol. The molecular weight excluding hydrogens is 260 g/mol. The second-order valence-electron chi connectivity index (χ2n) is 4.01. The Hall–Kier alpha value is -2.74. The molecule has 3 rings (SSSR count). The van der Waals surface area contributed by atoms with E-state index in [9.17, 15) is 0 Å². The molecule has 8 heteroatoms. The number of aromatic amines is 1. The summed E-state index contributed by atoms with van der Waals surface area (Å²) in [6.07, 6.45) is 1.52. The molecule has 0 aliphatic heterocycles. The van der Waals surface area contributed by atoms with Crippen molar-refractivity contribution >= 4 is 5.69 Å². The maximum Gasteiger partial charge on any atom is 0.258 e. The molecule has 0 aliphatic rings. The molecule has 20 heavy (non-hydrogen) atoms. The predicted octanol–water partition coefficient (Wildman–Crippen LogP) is 0.926. The van der Waals surface area contributed by atoms with Crippen LogP contribution >= 0.6 is 0 Å². The van der Waals surface area contributed by atoms with Gasteiger partial charge in [-0.15, -0.1) is 0 Å². The van der Waals surface area contributed by atoms with Crippen molar-refractivity contribution in [3.8, 4) is 23.0 Å².